The fraction of sp³-hybridized carbons (Fsp3) is 0.824. The molecule has 1 aliphatic heterocycles. The molecule has 0 bridgehead atoms. The Morgan fingerprint density at radius 3 is 2.24 bits per heavy atom. The fourth-order valence-electron chi connectivity index (χ4n) is 4.22. The number of nitrogens with zero attached hydrogens (tertiary/aromatic N) is 3. The molecule has 0 aromatic carbocycles. The molecule has 3 rings (SSSR count). The van der Waals surface area contributed by atoms with Gasteiger partial charge >= 0.3 is 0 Å². The van der Waals surface area contributed by atoms with E-state index in [-0.39, 0.29) is 0 Å². The molecular formula is C17H30N4. The van der Waals surface area contributed by atoms with E-state index in [1.807, 2.05) is 6.92 Å². The van der Waals surface area contributed by atoms with Gasteiger partial charge in [0.25, 0.3) is 0 Å². The van der Waals surface area contributed by atoms with Crippen molar-refractivity contribution in [2.24, 2.45) is 5.41 Å². The van der Waals surface area contributed by atoms with E-state index < -0.39 is 0 Å². The molecule has 4 heteroatoms. The van der Waals surface area contributed by atoms with Crippen LogP contribution in [-0.4, -0.2) is 22.9 Å². The first-order chi connectivity index (χ1) is 10.0. The van der Waals surface area contributed by atoms with Crippen LogP contribution in [0.2, 0.25) is 0 Å². The van der Waals surface area contributed by atoms with Crippen LogP contribution in [0.1, 0.15) is 70.5 Å². The zero-order valence-corrected chi connectivity index (χ0v) is 13.9. The summed E-state index contributed by atoms with van der Waals surface area (Å²) < 4.78 is 2.11. The monoisotopic (exact) mass is 290 g/mol. The Bertz CT molecular complexity index is 487. The van der Waals surface area contributed by atoms with E-state index in [2.05, 4.69) is 28.5 Å². The van der Waals surface area contributed by atoms with Gasteiger partial charge in [0.2, 0.25) is 0 Å². The summed E-state index contributed by atoms with van der Waals surface area (Å²) in [4.78, 5) is 2.48. The lowest BCUT2D eigenvalue weighted by molar-refractivity contribution is 0.143. The summed E-state index contributed by atoms with van der Waals surface area (Å²) in [5, 5.41) is 4.64. The predicted octanol–water partition coefficient (Wildman–Crippen LogP) is 3.91. The first-order valence-corrected chi connectivity index (χ1v) is 8.62. The molecule has 21 heavy (non-hydrogen) atoms. The van der Waals surface area contributed by atoms with Crippen LogP contribution in [0, 0.1) is 12.3 Å². The second kappa shape index (κ2) is 5.54. The molecule has 2 aliphatic rings. The molecule has 1 aromatic heterocycles. The molecule has 0 amide bonds. The van der Waals surface area contributed by atoms with Gasteiger partial charge in [-0.3, -0.25) is 0 Å². The van der Waals surface area contributed by atoms with Gasteiger partial charge in [-0.05, 0) is 51.9 Å². The highest BCUT2D eigenvalue weighted by Gasteiger charge is 2.36. The predicted molar refractivity (Wildman–Crippen MR) is 88.7 cm³/mol. The van der Waals surface area contributed by atoms with Gasteiger partial charge in [0, 0.05) is 19.1 Å². The molecule has 2 heterocycles. The van der Waals surface area contributed by atoms with Gasteiger partial charge in [0.1, 0.15) is 0 Å². The Labute approximate surface area is 128 Å². The molecule has 2 fully saturated rings. The molecule has 4 nitrogen and oxygen atoms in total. The van der Waals surface area contributed by atoms with Gasteiger partial charge in [0.05, 0.1) is 11.4 Å². The Kier molecular flexibility index (Phi) is 3.89. The quantitative estimate of drug-likeness (QED) is 0.898. The summed E-state index contributed by atoms with van der Waals surface area (Å²) in [6, 6.07) is 0.363. The number of aryl methyl sites for hydroxylation is 1. The highest BCUT2D eigenvalue weighted by molar-refractivity contribution is 5.66. The van der Waals surface area contributed by atoms with E-state index >= 15 is 0 Å². The number of nitrogen functional groups attached to an aromatic ring is 1. The van der Waals surface area contributed by atoms with Crippen LogP contribution in [0.25, 0.3) is 0 Å². The van der Waals surface area contributed by atoms with Gasteiger partial charge < -0.3 is 10.6 Å². The highest BCUT2D eigenvalue weighted by Crippen LogP contribution is 2.45. The van der Waals surface area contributed by atoms with Crippen molar-refractivity contribution in [1.82, 2.24) is 9.78 Å². The van der Waals surface area contributed by atoms with E-state index in [1.54, 1.807) is 0 Å². The summed E-state index contributed by atoms with van der Waals surface area (Å²) in [7, 11) is 0. The normalized spacial score (nSPS) is 22.2. The lowest BCUT2D eigenvalue weighted by Gasteiger charge is -2.45. The van der Waals surface area contributed by atoms with Gasteiger partial charge in [-0.1, -0.05) is 19.3 Å². The van der Waals surface area contributed by atoms with Crippen molar-refractivity contribution in [2.75, 3.05) is 23.7 Å². The minimum atomic E-state index is 0.363. The maximum Gasteiger partial charge on any atom is 0.150 e. The molecule has 0 unspecified atom stereocenters. The van der Waals surface area contributed by atoms with Crippen molar-refractivity contribution in [3.8, 4) is 0 Å². The third kappa shape index (κ3) is 2.65. The first kappa shape index (κ1) is 14.7. The SMILES string of the molecule is Cc1nn(C(C)C)c(N2CCC3(CCCCC3)CC2)c1N. The number of rotatable bonds is 2. The Balaban J connectivity index is 1.78. The van der Waals surface area contributed by atoms with E-state index in [9.17, 15) is 0 Å². The van der Waals surface area contributed by atoms with Crippen molar-refractivity contribution in [2.45, 2.75) is 71.8 Å². The molecular weight excluding hydrogens is 260 g/mol. The minimum Gasteiger partial charge on any atom is -0.394 e. The maximum absolute atomic E-state index is 6.32. The molecule has 1 aromatic rings. The fourth-order valence-corrected chi connectivity index (χ4v) is 4.22. The lowest BCUT2D eigenvalue weighted by Crippen LogP contribution is -2.42. The molecule has 1 saturated carbocycles. The molecule has 0 atom stereocenters. The van der Waals surface area contributed by atoms with Crippen molar-refractivity contribution in [3.05, 3.63) is 5.69 Å². The molecule has 118 valence electrons. The van der Waals surface area contributed by atoms with Crippen LogP contribution in [0.15, 0.2) is 0 Å². The van der Waals surface area contributed by atoms with Crippen LogP contribution in [0.4, 0.5) is 11.5 Å². The van der Waals surface area contributed by atoms with Crippen molar-refractivity contribution >= 4 is 11.5 Å². The van der Waals surface area contributed by atoms with E-state index in [0.717, 1.165) is 30.3 Å². The second-order valence-electron chi connectivity index (χ2n) is 7.41. The average Bonchev–Trinajstić information content (AvgIpc) is 2.77. The lowest BCUT2D eigenvalue weighted by atomic mass is 9.68. The summed E-state index contributed by atoms with van der Waals surface area (Å²) in [6.45, 7) is 8.66. The summed E-state index contributed by atoms with van der Waals surface area (Å²) in [6.07, 6.45) is 9.86. The largest absolute Gasteiger partial charge is 0.394 e. The number of anilines is 2. The molecule has 0 radical (unpaired) electrons. The first-order valence-electron chi connectivity index (χ1n) is 8.62. The van der Waals surface area contributed by atoms with Crippen LogP contribution in [0.5, 0.6) is 0 Å². The smallest absolute Gasteiger partial charge is 0.150 e. The number of hydrogen-bond donors (Lipinski definition) is 1. The Morgan fingerprint density at radius 1 is 1.05 bits per heavy atom. The van der Waals surface area contributed by atoms with Gasteiger partial charge in [0.15, 0.2) is 5.82 Å². The zero-order chi connectivity index (χ0) is 15.0. The van der Waals surface area contributed by atoms with Gasteiger partial charge in [-0.25, -0.2) is 4.68 Å². The highest BCUT2D eigenvalue weighted by atomic mass is 15.4. The van der Waals surface area contributed by atoms with E-state index in [0.29, 0.717) is 11.5 Å². The Hall–Kier alpha value is -1.19. The standard InChI is InChI=1S/C17H30N4/c1-13(2)21-16(15(18)14(3)19-21)20-11-9-17(10-12-20)7-5-4-6-8-17/h13H,4-12,18H2,1-3H3. The van der Waals surface area contributed by atoms with E-state index in [1.165, 1.54) is 44.9 Å². The second-order valence-corrected chi connectivity index (χ2v) is 7.41. The van der Waals surface area contributed by atoms with E-state index in [4.69, 9.17) is 5.73 Å². The molecule has 2 N–H and O–H groups in total. The third-order valence-electron chi connectivity index (χ3n) is 5.63. The third-order valence-corrected chi connectivity index (χ3v) is 5.63. The van der Waals surface area contributed by atoms with Crippen molar-refractivity contribution < 1.29 is 0 Å². The summed E-state index contributed by atoms with van der Waals surface area (Å²) >= 11 is 0. The average molecular weight is 290 g/mol. The number of hydrogen-bond acceptors (Lipinski definition) is 3. The number of piperidine rings is 1. The summed E-state index contributed by atoms with van der Waals surface area (Å²) in [5.74, 6) is 1.16. The number of aromatic nitrogens is 2. The molecule has 1 saturated heterocycles. The molecule has 1 aliphatic carbocycles. The minimum absolute atomic E-state index is 0.363. The van der Waals surface area contributed by atoms with Gasteiger partial charge in [-0.15, -0.1) is 0 Å². The summed E-state index contributed by atoms with van der Waals surface area (Å²) in [5.41, 5.74) is 8.80. The van der Waals surface area contributed by atoms with Crippen LogP contribution in [0.3, 0.4) is 0 Å². The zero-order valence-electron chi connectivity index (χ0n) is 13.9. The van der Waals surface area contributed by atoms with Gasteiger partial charge in [-0.2, -0.15) is 5.10 Å². The Morgan fingerprint density at radius 2 is 1.67 bits per heavy atom. The van der Waals surface area contributed by atoms with Crippen molar-refractivity contribution in [1.29, 1.82) is 0 Å². The van der Waals surface area contributed by atoms with Crippen LogP contribution >= 0.6 is 0 Å². The number of nitrogens with two attached hydrogens (primary N) is 1. The van der Waals surface area contributed by atoms with Crippen molar-refractivity contribution in [3.63, 3.8) is 0 Å². The molecule has 1 spiro atoms. The van der Waals surface area contributed by atoms with Crippen LogP contribution in [-0.2, 0) is 0 Å². The van der Waals surface area contributed by atoms with Crippen LogP contribution < -0.4 is 10.6 Å². The maximum atomic E-state index is 6.32. The topological polar surface area (TPSA) is 47.1 Å².